The molecular weight excluding hydrogens is 148 g/mol. The third kappa shape index (κ3) is 0.994. The lowest BCUT2D eigenvalue weighted by Gasteiger charge is -2.11. The second-order valence-corrected chi connectivity index (χ2v) is 3.28. The fraction of sp³-hybridized carbons (Fsp3) is 0.400. The first kappa shape index (κ1) is 7.62. The van der Waals surface area contributed by atoms with E-state index in [1.165, 1.54) is 11.3 Å². The third-order valence-electron chi connectivity index (χ3n) is 2.53. The van der Waals surface area contributed by atoms with E-state index in [2.05, 4.69) is 41.5 Å². The van der Waals surface area contributed by atoms with Gasteiger partial charge in [-0.1, -0.05) is 18.2 Å². The Morgan fingerprint density at radius 2 is 2.17 bits per heavy atom. The van der Waals surface area contributed by atoms with Gasteiger partial charge in [0.25, 0.3) is 0 Å². The topological polar surface area (TPSA) is 15.3 Å². The van der Waals surface area contributed by atoms with Gasteiger partial charge in [0.1, 0.15) is 0 Å². The van der Waals surface area contributed by atoms with Crippen molar-refractivity contribution in [1.82, 2.24) is 5.32 Å². The van der Waals surface area contributed by atoms with Crippen LogP contribution in [-0.2, 0) is 0 Å². The first-order valence-electron chi connectivity index (χ1n) is 4.30. The van der Waals surface area contributed by atoms with E-state index in [9.17, 15) is 0 Å². The molecule has 1 heterocycles. The molecule has 12 heavy (non-hydrogen) atoms. The van der Waals surface area contributed by atoms with Crippen molar-refractivity contribution >= 4 is 5.69 Å². The average molecular weight is 162 g/mol. The van der Waals surface area contributed by atoms with Crippen LogP contribution in [0.2, 0.25) is 0 Å². The van der Waals surface area contributed by atoms with E-state index in [4.69, 9.17) is 0 Å². The van der Waals surface area contributed by atoms with Crippen LogP contribution in [0.15, 0.2) is 24.3 Å². The first-order chi connectivity index (χ1) is 5.83. The van der Waals surface area contributed by atoms with Crippen LogP contribution < -0.4 is 10.2 Å². The maximum atomic E-state index is 3.31. The van der Waals surface area contributed by atoms with Gasteiger partial charge in [-0.3, -0.25) is 0 Å². The molecule has 0 saturated heterocycles. The number of likely N-dealkylation sites (N-methyl/N-ethyl adjacent to an activating group) is 2. The molecule has 1 aromatic rings. The van der Waals surface area contributed by atoms with Crippen molar-refractivity contribution in [2.45, 2.75) is 6.04 Å². The fourth-order valence-corrected chi connectivity index (χ4v) is 1.85. The highest BCUT2D eigenvalue weighted by Crippen LogP contribution is 2.32. The van der Waals surface area contributed by atoms with Crippen LogP contribution in [0, 0.1) is 0 Å². The van der Waals surface area contributed by atoms with E-state index >= 15 is 0 Å². The summed E-state index contributed by atoms with van der Waals surface area (Å²) in [6.07, 6.45) is 0. The smallest absolute Gasteiger partial charge is 0.0516 e. The summed E-state index contributed by atoms with van der Waals surface area (Å²) >= 11 is 0. The fourth-order valence-electron chi connectivity index (χ4n) is 1.85. The summed E-state index contributed by atoms with van der Waals surface area (Å²) in [6, 6.07) is 9.06. The minimum atomic E-state index is 0.506. The molecule has 0 aromatic heterocycles. The lowest BCUT2D eigenvalue weighted by Crippen LogP contribution is -2.22. The van der Waals surface area contributed by atoms with Gasteiger partial charge < -0.3 is 10.2 Å². The van der Waals surface area contributed by atoms with Crippen LogP contribution in [0.1, 0.15) is 11.6 Å². The Bertz CT molecular complexity index is 283. The van der Waals surface area contributed by atoms with Gasteiger partial charge in [0, 0.05) is 19.3 Å². The lowest BCUT2D eigenvalue weighted by atomic mass is 10.1. The Morgan fingerprint density at radius 1 is 1.42 bits per heavy atom. The van der Waals surface area contributed by atoms with Crippen LogP contribution in [0.4, 0.5) is 5.69 Å². The molecule has 0 spiro atoms. The molecule has 0 saturated carbocycles. The standard InChI is InChI=1S/C10H14N2/c1-11-9-7-12(2)10-6-4-3-5-8(9)10/h3-6,9,11H,7H2,1-2H3. The number of rotatable bonds is 1. The minimum Gasteiger partial charge on any atom is -0.372 e. The van der Waals surface area contributed by atoms with Gasteiger partial charge >= 0.3 is 0 Å². The highest BCUT2D eigenvalue weighted by Gasteiger charge is 2.23. The molecule has 64 valence electrons. The van der Waals surface area contributed by atoms with Crippen LogP contribution >= 0.6 is 0 Å². The summed E-state index contributed by atoms with van der Waals surface area (Å²) in [7, 11) is 4.15. The van der Waals surface area contributed by atoms with Gasteiger partial charge in [-0.15, -0.1) is 0 Å². The van der Waals surface area contributed by atoms with Crippen LogP contribution in [-0.4, -0.2) is 20.6 Å². The quantitative estimate of drug-likeness (QED) is 0.671. The van der Waals surface area contributed by atoms with Crippen molar-refractivity contribution in [2.75, 3.05) is 25.5 Å². The predicted octanol–water partition coefficient (Wildman–Crippen LogP) is 1.40. The largest absolute Gasteiger partial charge is 0.372 e. The zero-order chi connectivity index (χ0) is 8.55. The monoisotopic (exact) mass is 162 g/mol. The number of anilines is 1. The van der Waals surface area contributed by atoms with Crippen LogP contribution in [0.3, 0.4) is 0 Å². The molecule has 0 bridgehead atoms. The number of hydrogen-bond acceptors (Lipinski definition) is 2. The van der Waals surface area contributed by atoms with E-state index in [0.29, 0.717) is 6.04 Å². The van der Waals surface area contributed by atoms with Gasteiger partial charge in [0.15, 0.2) is 0 Å². The Balaban J connectivity index is 2.43. The second kappa shape index (κ2) is 2.79. The Kier molecular flexibility index (Phi) is 1.77. The van der Waals surface area contributed by atoms with E-state index in [-0.39, 0.29) is 0 Å². The molecule has 0 amide bonds. The van der Waals surface area contributed by atoms with Gasteiger partial charge in [-0.05, 0) is 18.7 Å². The van der Waals surface area contributed by atoms with Crippen molar-refractivity contribution in [3.05, 3.63) is 29.8 Å². The van der Waals surface area contributed by atoms with Crippen LogP contribution in [0.5, 0.6) is 0 Å². The number of nitrogens with zero attached hydrogens (tertiary/aromatic N) is 1. The molecule has 1 aromatic carbocycles. The number of para-hydroxylation sites is 1. The highest BCUT2D eigenvalue weighted by atomic mass is 15.2. The number of fused-ring (bicyclic) bond motifs is 1. The minimum absolute atomic E-state index is 0.506. The second-order valence-electron chi connectivity index (χ2n) is 3.28. The molecule has 1 atom stereocenters. The molecule has 0 fully saturated rings. The predicted molar refractivity (Wildman–Crippen MR) is 51.5 cm³/mol. The summed E-state index contributed by atoms with van der Waals surface area (Å²) in [5.41, 5.74) is 2.78. The van der Waals surface area contributed by atoms with E-state index in [1.54, 1.807) is 0 Å². The van der Waals surface area contributed by atoms with Crippen LogP contribution in [0.25, 0.3) is 0 Å². The van der Waals surface area contributed by atoms with Crippen molar-refractivity contribution in [3.8, 4) is 0 Å². The molecule has 0 radical (unpaired) electrons. The van der Waals surface area contributed by atoms with Crippen molar-refractivity contribution in [1.29, 1.82) is 0 Å². The maximum absolute atomic E-state index is 3.31. The Hall–Kier alpha value is -1.02. The molecule has 2 rings (SSSR count). The highest BCUT2D eigenvalue weighted by molar-refractivity contribution is 5.59. The van der Waals surface area contributed by atoms with E-state index in [1.807, 2.05) is 7.05 Å². The molecule has 2 heteroatoms. The third-order valence-corrected chi connectivity index (χ3v) is 2.53. The summed E-state index contributed by atoms with van der Waals surface area (Å²) in [5, 5.41) is 3.31. The molecule has 1 unspecified atom stereocenters. The summed E-state index contributed by atoms with van der Waals surface area (Å²) < 4.78 is 0. The molecule has 0 aliphatic carbocycles. The van der Waals surface area contributed by atoms with Crippen molar-refractivity contribution < 1.29 is 0 Å². The Labute approximate surface area is 73.2 Å². The molecular formula is C10H14N2. The summed E-state index contributed by atoms with van der Waals surface area (Å²) in [6.45, 7) is 1.08. The SMILES string of the molecule is CNC1CN(C)c2ccccc21. The van der Waals surface area contributed by atoms with Gasteiger partial charge in [0.2, 0.25) is 0 Å². The number of hydrogen-bond donors (Lipinski definition) is 1. The molecule has 1 N–H and O–H groups in total. The first-order valence-corrected chi connectivity index (χ1v) is 4.30. The number of nitrogens with one attached hydrogen (secondary N) is 1. The zero-order valence-corrected chi connectivity index (χ0v) is 7.54. The summed E-state index contributed by atoms with van der Waals surface area (Å²) in [5.74, 6) is 0. The van der Waals surface area contributed by atoms with Gasteiger partial charge in [-0.2, -0.15) is 0 Å². The molecule has 1 aliphatic heterocycles. The van der Waals surface area contributed by atoms with E-state index < -0.39 is 0 Å². The van der Waals surface area contributed by atoms with Gasteiger partial charge in [-0.25, -0.2) is 0 Å². The normalized spacial score (nSPS) is 21.2. The van der Waals surface area contributed by atoms with E-state index in [0.717, 1.165) is 6.54 Å². The summed E-state index contributed by atoms with van der Waals surface area (Å²) in [4.78, 5) is 2.29. The van der Waals surface area contributed by atoms with Crippen molar-refractivity contribution in [3.63, 3.8) is 0 Å². The number of benzene rings is 1. The molecule has 1 aliphatic rings. The van der Waals surface area contributed by atoms with Gasteiger partial charge in [0.05, 0.1) is 6.04 Å². The maximum Gasteiger partial charge on any atom is 0.0516 e. The zero-order valence-electron chi connectivity index (χ0n) is 7.54. The lowest BCUT2D eigenvalue weighted by molar-refractivity contribution is 0.626. The Morgan fingerprint density at radius 3 is 2.92 bits per heavy atom. The van der Waals surface area contributed by atoms with Crippen molar-refractivity contribution in [2.24, 2.45) is 0 Å². The molecule has 2 nitrogen and oxygen atoms in total. The average Bonchev–Trinajstić information content (AvgIpc) is 2.44.